The van der Waals surface area contributed by atoms with Gasteiger partial charge in [-0.2, -0.15) is 8.42 Å². The zero-order chi connectivity index (χ0) is 11.6. The molecular weight excluding hydrogens is 224 g/mol. The molecule has 0 aromatic heterocycles. The van der Waals surface area contributed by atoms with E-state index in [2.05, 4.69) is 6.07 Å². The average molecular weight is 233 g/mol. The van der Waals surface area contributed by atoms with E-state index in [9.17, 15) is 8.42 Å². The van der Waals surface area contributed by atoms with Crippen LogP contribution in [0.3, 0.4) is 0 Å². The van der Waals surface area contributed by atoms with Crippen molar-refractivity contribution in [1.29, 1.82) is 0 Å². The smallest absolute Gasteiger partial charge is 0.282 e. The van der Waals surface area contributed by atoms with Crippen LogP contribution < -0.4 is 0 Å². The molecule has 0 aliphatic carbocycles. The molecule has 0 saturated heterocycles. The molecule has 0 atom stereocenters. The molecule has 0 amide bonds. The van der Waals surface area contributed by atoms with Crippen LogP contribution in [0.5, 0.6) is 0 Å². The summed E-state index contributed by atoms with van der Waals surface area (Å²) in [6.45, 7) is 0. The Morgan fingerprint density at radius 3 is 2.25 bits per heavy atom. The Labute approximate surface area is 94.1 Å². The number of hydrogen-bond donors (Lipinski definition) is 1. The monoisotopic (exact) mass is 233 g/mol. The third kappa shape index (κ3) is 2.29. The van der Waals surface area contributed by atoms with E-state index in [4.69, 9.17) is 4.55 Å². The second-order valence-corrected chi connectivity index (χ2v) is 4.66. The van der Waals surface area contributed by atoms with Crippen LogP contribution in [-0.4, -0.2) is 13.0 Å². The first-order valence-electron chi connectivity index (χ1n) is 4.62. The van der Waals surface area contributed by atoms with Gasteiger partial charge in [-0.25, -0.2) is 0 Å². The second kappa shape index (κ2) is 4.08. The van der Waals surface area contributed by atoms with Gasteiger partial charge >= 0.3 is 0 Å². The third-order valence-electron chi connectivity index (χ3n) is 2.13. The van der Waals surface area contributed by atoms with Crippen LogP contribution in [0.15, 0.2) is 53.4 Å². The predicted molar refractivity (Wildman–Crippen MR) is 60.5 cm³/mol. The maximum atomic E-state index is 10.9. The predicted octanol–water partition coefficient (Wildman–Crippen LogP) is 2.40. The highest BCUT2D eigenvalue weighted by molar-refractivity contribution is 7.85. The molecule has 81 valence electrons. The minimum absolute atomic E-state index is 0.214. The lowest BCUT2D eigenvalue weighted by Crippen LogP contribution is -1.98. The Morgan fingerprint density at radius 1 is 0.938 bits per heavy atom. The lowest BCUT2D eigenvalue weighted by atomic mass is 10.1. The molecule has 0 heterocycles. The first-order valence-corrected chi connectivity index (χ1v) is 6.06. The van der Waals surface area contributed by atoms with Crippen molar-refractivity contribution in [3.63, 3.8) is 0 Å². The Balaban J connectivity index is 2.53. The summed E-state index contributed by atoms with van der Waals surface area (Å²) in [5.41, 5.74) is 1.49. The van der Waals surface area contributed by atoms with Crippen LogP contribution in [0.25, 0.3) is 11.1 Å². The molecule has 2 aromatic carbocycles. The molecule has 4 heteroatoms. The van der Waals surface area contributed by atoms with Crippen molar-refractivity contribution in [2.24, 2.45) is 0 Å². The lowest BCUT2D eigenvalue weighted by Gasteiger charge is -2.02. The van der Waals surface area contributed by atoms with Crippen LogP contribution in [0, 0.1) is 6.07 Å². The Hall–Kier alpha value is -1.65. The van der Waals surface area contributed by atoms with Gasteiger partial charge in [-0.1, -0.05) is 42.5 Å². The van der Waals surface area contributed by atoms with E-state index >= 15 is 0 Å². The van der Waals surface area contributed by atoms with Gasteiger partial charge in [0.25, 0.3) is 10.1 Å². The van der Waals surface area contributed by atoms with Crippen molar-refractivity contribution in [1.82, 2.24) is 0 Å². The molecule has 0 fully saturated rings. The zero-order valence-electron chi connectivity index (χ0n) is 8.29. The topological polar surface area (TPSA) is 54.4 Å². The second-order valence-electron chi connectivity index (χ2n) is 3.27. The SMILES string of the molecule is O=S(=O)(O)c1[c]c(-c2ccccc2)ccc1. The van der Waals surface area contributed by atoms with E-state index < -0.39 is 10.1 Å². The van der Waals surface area contributed by atoms with Gasteiger partial charge in [-0.3, -0.25) is 4.55 Å². The van der Waals surface area contributed by atoms with Crippen molar-refractivity contribution in [3.05, 3.63) is 54.6 Å². The van der Waals surface area contributed by atoms with Crippen LogP contribution in [0.2, 0.25) is 0 Å². The van der Waals surface area contributed by atoms with Gasteiger partial charge in [0.1, 0.15) is 4.90 Å². The molecule has 0 unspecified atom stereocenters. The van der Waals surface area contributed by atoms with Crippen molar-refractivity contribution in [3.8, 4) is 11.1 Å². The summed E-state index contributed by atoms with van der Waals surface area (Å²) < 4.78 is 30.8. The quantitative estimate of drug-likeness (QED) is 0.810. The highest BCUT2D eigenvalue weighted by Crippen LogP contribution is 2.21. The summed E-state index contributed by atoms with van der Waals surface area (Å²) in [5, 5.41) is 0. The van der Waals surface area contributed by atoms with Crippen LogP contribution in [-0.2, 0) is 10.1 Å². The summed E-state index contributed by atoms with van der Waals surface area (Å²) in [6.07, 6.45) is 0. The highest BCUT2D eigenvalue weighted by Gasteiger charge is 2.10. The maximum absolute atomic E-state index is 10.9. The van der Waals surface area contributed by atoms with E-state index in [0.717, 1.165) is 5.56 Å². The van der Waals surface area contributed by atoms with Crippen molar-refractivity contribution >= 4 is 10.1 Å². The normalized spacial score (nSPS) is 11.3. The molecule has 3 nitrogen and oxygen atoms in total. The third-order valence-corrected chi connectivity index (χ3v) is 2.93. The Kier molecular flexibility index (Phi) is 2.77. The molecular formula is C12H9O3S. The van der Waals surface area contributed by atoms with Gasteiger partial charge in [0.05, 0.1) is 0 Å². The zero-order valence-corrected chi connectivity index (χ0v) is 9.11. The summed E-state index contributed by atoms with van der Waals surface area (Å²) in [4.78, 5) is -0.214. The Bertz CT molecular complexity index is 589. The molecule has 1 radical (unpaired) electrons. The van der Waals surface area contributed by atoms with Gasteiger partial charge in [-0.05, 0) is 17.2 Å². The fourth-order valence-electron chi connectivity index (χ4n) is 1.38. The highest BCUT2D eigenvalue weighted by atomic mass is 32.2. The number of benzene rings is 2. The van der Waals surface area contributed by atoms with Gasteiger partial charge < -0.3 is 0 Å². The fraction of sp³-hybridized carbons (Fsp3) is 0. The Morgan fingerprint density at radius 2 is 1.62 bits per heavy atom. The molecule has 0 spiro atoms. The first-order chi connectivity index (χ1) is 7.57. The fourth-order valence-corrected chi connectivity index (χ4v) is 1.87. The average Bonchev–Trinajstić information content (AvgIpc) is 2.29. The molecule has 0 saturated carbocycles. The van der Waals surface area contributed by atoms with E-state index in [1.807, 2.05) is 30.3 Å². The minimum Gasteiger partial charge on any atom is -0.282 e. The van der Waals surface area contributed by atoms with Gasteiger partial charge in [0.2, 0.25) is 0 Å². The summed E-state index contributed by atoms with van der Waals surface area (Å²) in [7, 11) is -4.19. The van der Waals surface area contributed by atoms with Gasteiger partial charge in [0, 0.05) is 6.07 Å². The maximum Gasteiger partial charge on any atom is 0.295 e. The van der Waals surface area contributed by atoms with Crippen molar-refractivity contribution < 1.29 is 13.0 Å². The van der Waals surface area contributed by atoms with E-state index in [-0.39, 0.29) is 4.90 Å². The number of hydrogen-bond acceptors (Lipinski definition) is 2. The minimum atomic E-state index is -4.19. The van der Waals surface area contributed by atoms with Crippen LogP contribution >= 0.6 is 0 Å². The lowest BCUT2D eigenvalue weighted by molar-refractivity contribution is 0.483. The summed E-state index contributed by atoms with van der Waals surface area (Å²) >= 11 is 0. The molecule has 2 rings (SSSR count). The number of rotatable bonds is 2. The van der Waals surface area contributed by atoms with Crippen molar-refractivity contribution in [2.45, 2.75) is 4.90 Å². The molecule has 2 aromatic rings. The standard InChI is InChI=1S/C12H9O3S/c13-16(14,15)12-8-4-7-11(9-12)10-5-2-1-3-6-10/h1-8H,(H,13,14,15). The first kappa shape index (κ1) is 10.9. The van der Waals surface area contributed by atoms with Crippen molar-refractivity contribution in [2.75, 3.05) is 0 Å². The van der Waals surface area contributed by atoms with Gasteiger partial charge in [0.15, 0.2) is 0 Å². The van der Waals surface area contributed by atoms with E-state index in [0.29, 0.717) is 5.56 Å². The van der Waals surface area contributed by atoms with Gasteiger partial charge in [-0.15, -0.1) is 0 Å². The molecule has 16 heavy (non-hydrogen) atoms. The molecule has 0 bridgehead atoms. The summed E-state index contributed by atoms with van der Waals surface area (Å²) in [6, 6.07) is 16.5. The molecule has 0 aliphatic rings. The van der Waals surface area contributed by atoms with Crippen LogP contribution in [0.4, 0.5) is 0 Å². The molecule has 1 N–H and O–H groups in total. The van der Waals surface area contributed by atoms with E-state index in [1.165, 1.54) is 6.07 Å². The van der Waals surface area contributed by atoms with E-state index in [1.54, 1.807) is 12.1 Å². The largest absolute Gasteiger partial charge is 0.295 e. The molecule has 0 aliphatic heterocycles. The summed E-state index contributed by atoms with van der Waals surface area (Å²) in [5.74, 6) is 0. The van der Waals surface area contributed by atoms with Crippen LogP contribution in [0.1, 0.15) is 0 Å².